The molecular formula is C9H14N2O3. The minimum atomic E-state index is -0.873. The van der Waals surface area contributed by atoms with Crippen molar-refractivity contribution in [1.82, 2.24) is 10.2 Å². The third kappa shape index (κ3) is 1.37. The van der Waals surface area contributed by atoms with Crippen LogP contribution in [0.2, 0.25) is 0 Å². The SMILES string of the molecule is CNCC(=O)N1C(C(=O)O)CC2CC21. The summed E-state index contributed by atoms with van der Waals surface area (Å²) in [4.78, 5) is 24.0. The van der Waals surface area contributed by atoms with Gasteiger partial charge < -0.3 is 15.3 Å². The fourth-order valence-electron chi connectivity index (χ4n) is 2.28. The Bertz CT molecular complexity index is 279. The summed E-state index contributed by atoms with van der Waals surface area (Å²) in [5.74, 6) is -0.525. The summed E-state index contributed by atoms with van der Waals surface area (Å²) in [5, 5.41) is 11.7. The first-order valence-electron chi connectivity index (χ1n) is 4.83. The van der Waals surface area contributed by atoms with Crippen LogP contribution < -0.4 is 5.32 Å². The molecule has 2 N–H and O–H groups in total. The first-order valence-corrected chi connectivity index (χ1v) is 4.83. The van der Waals surface area contributed by atoms with Crippen molar-refractivity contribution in [2.75, 3.05) is 13.6 Å². The highest BCUT2D eigenvalue weighted by Crippen LogP contribution is 2.47. The van der Waals surface area contributed by atoms with Crippen LogP contribution in [0.25, 0.3) is 0 Å². The molecule has 5 nitrogen and oxygen atoms in total. The third-order valence-electron chi connectivity index (χ3n) is 3.01. The van der Waals surface area contributed by atoms with Crippen molar-refractivity contribution in [2.45, 2.75) is 24.9 Å². The number of fused-ring (bicyclic) bond motifs is 1. The van der Waals surface area contributed by atoms with E-state index < -0.39 is 12.0 Å². The molecule has 1 heterocycles. The summed E-state index contributed by atoms with van der Waals surface area (Å²) >= 11 is 0. The molecule has 3 atom stereocenters. The fourth-order valence-corrected chi connectivity index (χ4v) is 2.28. The van der Waals surface area contributed by atoms with Gasteiger partial charge >= 0.3 is 5.97 Å². The van der Waals surface area contributed by atoms with E-state index in [0.29, 0.717) is 12.3 Å². The number of carboxylic acid groups (broad SMARTS) is 1. The first kappa shape index (κ1) is 9.45. The van der Waals surface area contributed by atoms with E-state index >= 15 is 0 Å². The number of likely N-dealkylation sites (tertiary alicyclic amines) is 1. The van der Waals surface area contributed by atoms with Crippen molar-refractivity contribution in [3.63, 3.8) is 0 Å². The van der Waals surface area contributed by atoms with Crippen molar-refractivity contribution in [3.05, 3.63) is 0 Å². The first-order chi connectivity index (χ1) is 6.65. The highest BCUT2D eigenvalue weighted by atomic mass is 16.4. The smallest absolute Gasteiger partial charge is 0.326 e. The quantitative estimate of drug-likeness (QED) is 0.628. The van der Waals surface area contributed by atoms with E-state index in [1.165, 1.54) is 0 Å². The molecule has 0 radical (unpaired) electrons. The lowest BCUT2D eigenvalue weighted by molar-refractivity contribution is -0.149. The van der Waals surface area contributed by atoms with Gasteiger partial charge in [-0.05, 0) is 25.8 Å². The van der Waals surface area contributed by atoms with Crippen molar-refractivity contribution >= 4 is 11.9 Å². The van der Waals surface area contributed by atoms with Crippen LogP contribution in [0.1, 0.15) is 12.8 Å². The number of piperidine rings is 1. The Morgan fingerprint density at radius 2 is 2.21 bits per heavy atom. The number of amides is 1. The van der Waals surface area contributed by atoms with E-state index in [1.54, 1.807) is 11.9 Å². The van der Waals surface area contributed by atoms with Gasteiger partial charge in [-0.3, -0.25) is 4.79 Å². The van der Waals surface area contributed by atoms with Crippen LogP contribution in [0.3, 0.4) is 0 Å². The zero-order valence-electron chi connectivity index (χ0n) is 8.06. The molecule has 2 fully saturated rings. The number of carbonyl (C=O) groups excluding carboxylic acids is 1. The maximum atomic E-state index is 11.6. The number of hydrogen-bond donors (Lipinski definition) is 2. The van der Waals surface area contributed by atoms with Gasteiger partial charge in [0.05, 0.1) is 6.54 Å². The van der Waals surface area contributed by atoms with Gasteiger partial charge in [-0.25, -0.2) is 4.79 Å². The van der Waals surface area contributed by atoms with E-state index in [2.05, 4.69) is 5.32 Å². The van der Waals surface area contributed by atoms with E-state index in [9.17, 15) is 9.59 Å². The highest BCUT2D eigenvalue weighted by Gasteiger charge is 2.55. The van der Waals surface area contributed by atoms with Crippen LogP contribution in [-0.4, -0.2) is 47.6 Å². The summed E-state index contributed by atoms with van der Waals surface area (Å²) < 4.78 is 0. The zero-order chi connectivity index (χ0) is 10.3. The van der Waals surface area contributed by atoms with Gasteiger partial charge in [0.1, 0.15) is 6.04 Å². The maximum Gasteiger partial charge on any atom is 0.326 e. The summed E-state index contributed by atoms with van der Waals surface area (Å²) in [5.41, 5.74) is 0. The van der Waals surface area contributed by atoms with E-state index in [1.807, 2.05) is 0 Å². The molecule has 0 bridgehead atoms. The maximum absolute atomic E-state index is 11.6. The zero-order valence-corrected chi connectivity index (χ0v) is 8.06. The molecular weight excluding hydrogens is 184 g/mol. The molecule has 0 aromatic carbocycles. The lowest BCUT2D eigenvalue weighted by atomic mass is 10.1. The summed E-state index contributed by atoms with van der Waals surface area (Å²) in [7, 11) is 1.69. The average molecular weight is 198 g/mol. The number of hydrogen-bond acceptors (Lipinski definition) is 3. The number of nitrogens with zero attached hydrogens (tertiary/aromatic N) is 1. The normalized spacial score (nSPS) is 34.1. The van der Waals surface area contributed by atoms with Gasteiger partial charge in [-0.2, -0.15) is 0 Å². The molecule has 1 aliphatic carbocycles. The molecule has 14 heavy (non-hydrogen) atoms. The van der Waals surface area contributed by atoms with Crippen LogP contribution >= 0.6 is 0 Å². The fraction of sp³-hybridized carbons (Fsp3) is 0.778. The average Bonchev–Trinajstić information content (AvgIpc) is 2.77. The van der Waals surface area contributed by atoms with Crippen LogP contribution in [0.4, 0.5) is 0 Å². The topological polar surface area (TPSA) is 69.6 Å². The number of carbonyl (C=O) groups is 2. The highest BCUT2D eigenvalue weighted by molar-refractivity contribution is 5.86. The summed E-state index contributed by atoms with van der Waals surface area (Å²) in [6.45, 7) is 0.229. The van der Waals surface area contributed by atoms with Crippen LogP contribution in [-0.2, 0) is 9.59 Å². The molecule has 5 heteroatoms. The molecule has 0 spiro atoms. The van der Waals surface area contributed by atoms with Crippen LogP contribution in [0, 0.1) is 5.92 Å². The predicted octanol–water partition coefficient (Wildman–Crippen LogP) is -0.720. The van der Waals surface area contributed by atoms with E-state index in [-0.39, 0.29) is 18.5 Å². The Balaban J connectivity index is 2.06. The Morgan fingerprint density at radius 3 is 2.79 bits per heavy atom. The molecule has 1 saturated carbocycles. The van der Waals surface area contributed by atoms with Crippen molar-refractivity contribution < 1.29 is 14.7 Å². The summed E-state index contributed by atoms with van der Waals surface area (Å²) in [6, 6.07) is -0.378. The Hall–Kier alpha value is -1.10. The van der Waals surface area contributed by atoms with Crippen molar-refractivity contribution in [2.24, 2.45) is 5.92 Å². The standard InChI is InChI=1S/C9H14N2O3/c1-10-4-8(12)11-6-2-5(6)3-7(11)9(13)14/h5-7,10H,2-4H2,1H3,(H,13,14). The van der Waals surface area contributed by atoms with E-state index in [0.717, 1.165) is 6.42 Å². The van der Waals surface area contributed by atoms with Gasteiger partial charge in [0.15, 0.2) is 0 Å². The molecule has 0 aromatic heterocycles. The predicted molar refractivity (Wildman–Crippen MR) is 48.7 cm³/mol. The number of likely N-dealkylation sites (N-methyl/N-ethyl adjacent to an activating group) is 1. The van der Waals surface area contributed by atoms with Gasteiger partial charge in [-0.15, -0.1) is 0 Å². The lowest BCUT2D eigenvalue weighted by Crippen LogP contribution is -2.46. The largest absolute Gasteiger partial charge is 0.480 e. The summed E-state index contributed by atoms with van der Waals surface area (Å²) in [6.07, 6.45) is 1.62. The molecule has 2 rings (SSSR count). The number of rotatable bonds is 3. The Kier molecular flexibility index (Phi) is 2.19. The number of nitrogens with one attached hydrogen (secondary N) is 1. The molecule has 1 saturated heterocycles. The monoisotopic (exact) mass is 198 g/mol. The molecule has 78 valence electrons. The Morgan fingerprint density at radius 1 is 1.50 bits per heavy atom. The number of carboxylic acids is 1. The molecule has 0 aromatic rings. The molecule has 2 aliphatic rings. The van der Waals surface area contributed by atoms with Crippen molar-refractivity contribution in [3.8, 4) is 0 Å². The number of aliphatic carboxylic acids is 1. The van der Waals surface area contributed by atoms with Crippen LogP contribution in [0.15, 0.2) is 0 Å². The minimum Gasteiger partial charge on any atom is -0.480 e. The van der Waals surface area contributed by atoms with Gasteiger partial charge in [-0.1, -0.05) is 0 Å². The van der Waals surface area contributed by atoms with Gasteiger partial charge in [0, 0.05) is 6.04 Å². The van der Waals surface area contributed by atoms with Gasteiger partial charge in [0.25, 0.3) is 0 Å². The lowest BCUT2D eigenvalue weighted by Gasteiger charge is -2.24. The van der Waals surface area contributed by atoms with Crippen LogP contribution in [0.5, 0.6) is 0 Å². The van der Waals surface area contributed by atoms with Crippen molar-refractivity contribution in [1.29, 1.82) is 0 Å². The molecule has 1 aliphatic heterocycles. The molecule has 3 unspecified atom stereocenters. The van der Waals surface area contributed by atoms with Gasteiger partial charge in [0.2, 0.25) is 5.91 Å². The second-order valence-electron chi connectivity index (χ2n) is 3.98. The minimum absolute atomic E-state index is 0.0927. The Labute approximate surface area is 82.1 Å². The second kappa shape index (κ2) is 3.24. The molecule has 1 amide bonds. The van der Waals surface area contributed by atoms with E-state index in [4.69, 9.17) is 5.11 Å². The third-order valence-corrected chi connectivity index (χ3v) is 3.01. The second-order valence-corrected chi connectivity index (χ2v) is 3.98.